The summed E-state index contributed by atoms with van der Waals surface area (Å²) in [5.41, 5.74) is 0.508. The second kappa shape index (κ2) is 9.80. The summed E-state index contributed by atoms with van der Waals surface area (Å²) in [5.74, 6) is -1.75. The molecule has 0 bridgehead atoms. The molecule has 174 valence electrons. The number of esters is 1. The fourth-order valence-electron chi connectivity index (χ4n) is 4.21. The monoisotopic (exact) mass is 456 g/mol. The number of imide groups is 1. The number of para-hydroxylation sites is 2. The molecule has 1 aromatic carbocycles. The minimum atomic E-state index is -0.746. The van der Waals surface area contributed by atoms with Gasteiger partial charge in [-0.3, -0.25) is 24.1 Å². The van der Waals surface area contributed by atoms with Crippen molar-refractivity contribution in [3.05, 3.63) is 36.0 Å². The number of aromatic nitrogens is 2. The molecule has 0 spiro atoms. The van der Waals surface area contributed by atoms with Crippen LogP contribution in [0.4, 0.5) is 5.69 Å². The Labute approximate surface area is 189 Å². The summed E-state index contributed by atoms with van der Waals surface area (Å²) in [6, 6.07) is 6.95. The van der Waals surface area contributed by atoms with Crippen molar-refractivity contribution in [1.82, 2.24) is 15.0 Å². The standard InChI is InChI=1S/C22H24N4O7/c1-31-16-9-5-4-8-15(16)23-18(27)10-17-24-19(33-25-17)12-32-20(28)11-26-21(29)13-6-2-3-7-14(13)22(26)30/h4-5,8-9,13-14H,2-3,6-7,10-12H2,1H3,(H,23,27)/t13-,14+. The number of amides is 3. The van der Waals surface area contributed by atoms with Gasteiger partial charge >= 0.3 is 5.97 Å². The number of nitrogens with zero attached hydrogens (tertiary/aromatic N) is 3. The average Bonchev–Trinajstić information content (AvgIpc) is 3.36. The van der Waals surface area contributed by atoms with Crippen molar-refractivity contribution < 1.29 is 33.2 Å². The molecule has 1 saturated heterocycles. The molecule has 1 aromatic heterocycles. The van der Waals surface area contributed by atoms with Crippen molar-refractivity contribution in [2.24, 2.45) is 11.8 Å². The Morgan fingerprint density at radius 1 is 1.15 bits per heavy atom. The molecule has 0 radical (unpaired) electrons. The molecule has 1 aliphatic heterocycles. The van der Waals surface area contributed by atoms with Crippen LogP contribution in [-0.2, 0) is 36.9 Å². The van der Waals surface area contributed by atoms with Gasteiger partial charge in [0.05, 0.1) is 31.1 Å². The van der Waals surface area contributed by atoms with E-state index in [9.17, 15) is 19.2 Å². The van der Waals surface area contributed by atoms with Gasteiger partial charge in [0.1, 0.15) is 12.3 Å². The number of methoxy groups -OCH3 is 1. The summed E-state index contributed by atoms with van der Waals surface area (Å²) < 4.78 is 15.3. The first kappa shape index (κ1) is 22.4. The van der Waals surface area contributed by atoms with Crippen molar-refractivity contribution in [1.29, 1.82) is 0 Å². The van der Waals surface area contributed by atoms with Crippen LogP contribution >= 0.6 is 0 Å². The summed E-state index contributed by atoms with van der Waals surface area (Å²) in [6.45, 7) is -0.768. The number of carbonyl (C=O) groups is 4. The highest BCUT2D eigenvalue weighted by Gasteiger charge is 2.48. The molecule has 1 aliphatic carbocycles. The van der Waals surface area contributed by atoms with E-state index < -0.39 is 12.5 Å². The van der Waals surface area contributed by atoms with E-state index in [0.717, 1.165) is 17.7 Å². The Morgan fingerprint density at radius 2 is 1.85 bits per heavy atom. The molecule has 2 fully saturated rings. The lowest BCUT2D eigenvalue weighted by Crippen LogP contribution is -2.36. The highest BCUT2D eigenvalue weighted by Crippen LogP contribution is 2.37. The summed E-state index contributed by atoms with van der Waals surface area (Å²) >= 11 is 0. The van der Waals surface area contributed by atoms with E-state index >= 15 is 0 Å². The van der Waals surface area contributed by atoms with Crippen molar-refractivity contribution >= 4 is 29.4 Å². The van der Waals surface area contributed by atoms with E-state index in [4.69, 9.17) is 14.0 Å². The number of likely N-dealkylation sites (tertiary alicyclic amines) is 1. The van der Waals surface area contributed by atoms with Gasteiger partial charge in [-0.15, -0.1) is 0 Å². The van der Waals surface area contributed by atoms with Gasteiger partial charge in [0, 0.05) is 0 Å². The van der Waals surface area contributed by atoms with E-state index in [-0.39, 0.29) is 54.3 Å². The number of hydrogen-bond acceptors (Lipinski definition) is 9. The van der Waals surface area contributed by atoms with E-state index in [2.05, 4.69) is 15.5 Å². The largest absolute Gasteiger partial charge is 0.495 e. The van der Waals surface area contributed by atoms with Crippen LogP contribution in [0.2, 0.25) is 0 Å². The number of benzene rings is 1. The minimum absolute atomic E-state index is 0.00353. The lowest BCUT2D eigenvalue weighted by molar-refractivity contribution is -0.154. The number of fused-ring (bicyclic) bond motifs is 1. The van der Waals surface area contributed by atoms with Gasteiger partial charge in [-0.05, 0) is 25.0 Å². The highest BCUT2D eigenvalue weighted by atomic mass is 16.6. The molecule has 2 atom stereocenters. The summed E-state index contributed by atoms with van der Waals surface area (Å²) in [7, 11) is 1.50. The zero-order valence-electron chi connectivity index (χ0n) is 18.1. The number of anilines is 1. The Morgan fingerprint density at radius 3 is 2.55 bits per heavy atom. The van der Waals surface area contributed by atoms with Crippen molar-refractivity contribution in [3.63, 3.8) is 0 Å². The molecular formula is C22H24N4O7. The van der Waals surface area contributed by atoms with E-state index in [1.165, 1.54) is 7.11 Å². The van der Waals surface area contributed by atoms with Crippen LogP contribution < -0.4 is 10.1 Å². The second-order valence-corrected chi connectivity index (χ2v) is 7.95. The summed E-state index contributed by atoms with van der Waals surface area (Å²) in [4.78, 5) is 54.3. The number of nitrogens with one attached hydrogen (secondary N) is 1. The predicted octanol–water partition coefficient (Wildman–Crippen LogP) is 1.48. The second-order valence-electron chi connectivity index (χ2n) is 7.95. The third-order valence-electron chi connectivity index (χ3n) is 5.79. The minimum Gasteiger partial charge on any atom is -0.495 e. The lowest BCUT2D eigenvalue weighted by atomic mass is 9.81. The van der Waals surface area contributed by atoms with E-state index in [1.807, 2.05) is 0 Å². The van der Waals surface area contributed by atoms with Gasteiger partial charge in [0.2, 0.25) is 17.7 Å². The zero-order valence-corrected chi connectivity index (χ0v) is 18.1. The molecule has 4 rings (SSSR count). The van der Waals surface area contributed by atoms with Crippen LogP contribution in [0.15, 0.2) is 28.8 Å². The molecule has 1 saturated carbocycles. The molecule has 2 aliphatic rings. The third-order valence-corrected chi connectivity index (χ3v) is 5.79. The smallest absolute Gasteiger partial charge is 0.326 e. The Kier molecular flexibility index (Phi) is 6.66. The van der Waals surface area contributed by atoms with Crippen LogP contribution in [0.25, 0.3) is 0 Å². The molecule has 11 nitrogen and oxygen atoms in total. The molecule has 1 N–H and O–H groups in total. The van der Waals surface area contributed by atoms with Crippen LogP contribution in [0.1, 0.15) is 37.4 Å². The highest BCUT2D eigenvalue weighted by molar-refractivity contribution is 6.07. The number of carbonyl (C=O) groups excluding carboxylic acids is 4. The fraction of sp³-hybridized carbons (Fsp3) is 0.455. The van der Waals surface area contributed by atoms with E-state index in [0.29, 0.717) is 24.3 Å². The lowest BCUT2D eigenvalue weighted by Gasteiger charge is -2.19. The van der Waals surface area contributed by atoms with Crippen LogP contribution in [0.3, 0.4) is 0 Å². The third kappa shape index (κ3) is 5.02. The van der Waals surface area contributed by atoms with Crippen LogP contribution in [0, 0.1) is 11.8 Å². The van der Waals surface area contributed by atoms with Crippen LogP contribution in [-0.4, -0.2) is 52.4 Å². The SMILES string of the molecule is COc1ccccc1NC(=O)Cc1noc(COC(=O)CN2C(=O)[C@H]3CCCC[C@H]3C2=O)n1. The van der Waals surface area contributed by atoms with Gasteiger partial charge < -0.3 is 19.3 Å². The molecule has 0 unspecified atom stereocenters. The fourth-order valence-corrected chi connectivity index (χ4v) is 4.21. The Hall–Kier alpha value is -3.76. The average molecular weight is 456 g/mol. The van der Waals surface area contributed by atoms with Crippen molar-refractivity contribution in [3.8, 4) is 5.75 Å². The number of ether oxygens (including phenoxy) is 2. The quantitative estimate of drug-likeness (QED) is 0.462. The first-order valence-corrected chi connectivity index (χ1v) is 10.7. The topological polar surface area (TPSA) is 141 Å². The molecule has 2 heterocycles. The molecule has 11 heteroatoms. The first-order valence-electron chi connectivity index (χ1n) is 10.7. The van der Waals surface area contributed by atoms with Crippen molar-refractivity contribution in [2.45, 2.75) is 38.7 Å². The zero-order chi connectivity index (χ0) is 23.4. The molecule has 33 heavy (non-hydrogen) atoms. The maximum atomic E-state index is 12.4. The molecule has 2 aromatic rings. The Bertz CT molecular complexity index is 1040. The van der Waals surface area contributed by atoms with Gasteiger partial charge in [-0.1, -0.05) is 30.1 Å². The van der Waals surface area contributed by atoms with Gasteiger partial charge in [0.25, 0.3) is 5.89 Å². The van der Waals surface area contributed by atoms with Gasteiger partial charge in [-0.25, -0.2) is 0 Å². The summed E-state index contributed by atoms with van der Waals surface area (Å²) in [6.07, 6.45) is 3.02. The van der Waals surface area contributed by atoms with E-state index in [1.54, 1.807) is 24.3 Å². The maximum Gasteiger partial charge on any atom is 0.326 e. The molecular weight excluding hydrogens is 432 g/mol. The first-order chi connectivity index (χ1) is 16.0. The Balaban J connectivity index is 1.26. The predicted molar refractivity (Wildman–Crippen MR) is 112 cm³/mol. The maximum absolute atomic E-state index is 12.4. The molecule has 3 amide bonds. The van der Waals surface area contributed by atoms with Gasteiger partial charge in [-0.2, -0.15) is 4.98 Å². The van der Waals surface area contributed by atoms with Gasteiger partial charge in [0.15, 0.2) is 12.4 Å². The van der Waals surface area contributed by atoms with Crippen LogP contribution in [0.5, 0.6) is 5.75 Å². The number of hydrogen-bond donors (Lipinski definition) is 1. The number of rotatable bonds is 8. The van der Waals surface area contributed by atoms with Crippen molar-refractivity contribution in [2.75, 3.05) is 19.0 Å². The normalized spacial score (nSPS) is 19.8. The summed E-state index contributed by atoms with van der Waals surface area (Å²) in [5, 5.41) is 6.41.